The largest absolute Gasteiger partial charge is 0.384 e. The minimum atomic E-state index is 0.359. The third kappa shape index (κ3) is 3.25. The van der Waals surface area contributed by atoms with Crippen molar-refractivity contribution in [1.82, 2.24) is 5.32 Å². The van der Waals surface area contributed by atoms with Crippen molar-refractivity contribution in [3.63, 3.8) is 0 Å². The monoisotopic (exact) mass is 298 g/mol. The van der Waals surface area contributed by atoms with Crippen LogP contribution in [0.3, 0.4) is 0 Å². The highest BCUT2D eigenvalue weighted by molar-refractivity contribution is 7.98. The third-order valence-electron chi connectivity index (χ3n) is 4.15. The fourth-order valence-corrected chi connectivity index (χ4v) is 3.24. The molecule has 2 nitrogen and oxygen atoms in total. The zero-order chi connectivity index (χ0) is 14.7. The second-order valence-corrected chi connectivity index (χ2v) is 6.38. The molecule has 0 aliphatic carbocycles. The van der Waals surface area contributed by atoms with Gasteiger partial charge in [-0.05, 0) is 48.4 Å². The second kappa shape index (κ2) is 6.54. The van der Waals surface area contributed by atoms with Gasteiger partial charge in [-0.3, -0.25) is 0 Å². The quantitative estimate of drug-likeness (QED) is 0.808. The van der Waals surface area contributed by atoms with Crippen LogP contribution in [0.1, 0.15) is 29.7 Å². The second-order valence-electron chi connectivity index (χ2n) is 5.50. The SMILES string of the molecule is CSc1ccc(C(C)NCc2cccc3c2NCC3)cc1. The summed E-state index contributed by atoms with van der Waals surface area (Å²) in [6.45, 7) is 4.20. The first-order valence-electron chi connectivity index (χ1n) is 7.50. The molecule has 2 aromatic rings. The zero-order valence-electron chi connectivity index (χ0n) is 12.6. The van der Waals surface area contributed by atoms with Crippen LogP contribution in [0.5, 0.6) is 0 Å². The maximum atomic E-state index is 3.64. The molecule has 2 aromatic carbocycles. The molecule has 21 heavy (non-hydrogen) atoms. The highest BCUT2D eigenvalue weighted by Gasteiger charge is 2.14. The van der Waals surface area contributed by atoms with Gasteiger partial charge in [0, 0.05) is 29.7 Å². The molecule has 0 saturated carbocycles. The van der Waals surface area contributed by atoms with Crippen LogP contribution in [-0.2, 0) is 13.0 Å². The fourth-order valence-electron chi connectivity index (χ4n) is 2.83. The van der Waals surface area contributed by atoms with Crippen LogP contribution in [-0.4, -0.2) is 12.8 Å². The summed E-state index contributed by atoms with van der Waals surface area (Å²) in [5, 5.41) is 7.14. The molecule has 0 spiro atoms. The summed E-state index contributed by atoms with van der Waals surface area (Å²) >= 11 is 1.78. The van der Waals surface area contributed by atoms with Crippen molar-refractivity contribution in [2.75, 3.05) is 18.1 Å². The number of hydrogen-bond donors (Lipinski definition) is 2. The number of hydrogen-bond acceptors (Lipinski definition) is 3. The fraction of sp³-hybridized carbons (Fsp3) is 0.333. The lowest BCUT2D eigenvalue weighted by atomic mass is 10.1. The molecule has 0 fully saturated rings. The van der Waals surface area contributed by atoms with Crippen molar-refractivity contribution in [2.45, 2.75) is 30.8 Å². The molecule has 1 unspecified atom stereocenters. The first kappa shape index (κ1) is 14.5. The van der Waals surface area contributed by atoms with Crippen LogP contribution in [0.15, 0.2) is 47.4 Å². The Morgan fingerprint density at radius 2 is 2.00 bits per heavy atom. The van der Waals surface area contributed by atoms with Crippen LogP contribution in [0.2, 0.25) is 0 Å². The van der Waals surface area contributed by atoms with Gasteiger partial charge >= 0.3 is 0 Å². The van der Waals surface area contributed by atoms with E-state index < -0.39 is 0 Å². The van der Waals surface area contributed by atoms with Gasteiger partial charge in [-0.2, -0.15) is 0 Å². The number of anilines is 1. The lowest BCUT2D eigenvalue weighted by Gasteiger charge is -2.16. The molecule has 1 atom stereocenters. The van der Waals surface area contributed by atoms with E-state index >= 15 is 0 Å². The topological polar surface area (TPSA) is 24.1 Å². The van der Waals surface area contributed by atoms with Gasteiger partial charge in [-0.1, -0.05) is 30.3 Å². The van der Waals surface area contributed by atoms with Crippen molar-refractivity contribution >= 4 is 17.4 Å². The third-order valence-corrected chi connectivity index (χ3v) is 4.89. The van der Waals surface area contributed by atoms with Gasteiger partial charge < -0.3 is 10.6 Å². The molecule has 1 aliphatic rings. The molecule has 3 heteroatoms. The number of para-hydroxylation sites is 1. The van der Waals surface area contributed by atoms with Crippen molar-refractivity contribution in [2.24, 2.45) is 0 Å². The minimum absolute atomic E-state index is 0.359. The zero-order valence-corrected chi connectivity index (χ0v) is 13.5. The van der Waals surface area contributed by atoms with Gasteiger partial charge in [-0.25, -0.2) is 0 Å². The van der Waals surface area contributed by atoms with E-state index in [0.717, 1.165) is 19.5 Å². The van der Waals surface area contributed by atoms with Crippen molar-refractivity contribution in [3.05, 3.63) is 59.2 Å². The smallest absolute Gasteiger partial charge is 0.0419 e. The molecule has 2 N–H and O–H groups in total. The van der Waals surface area contributed by atoms with Crippen LogP contribution < -0.4 is 10.6 Å². The van der Waals surface area contributed by atoms with E-state index in [1.807, 2.05) is 0 Å². The molecule has 0 amide bonds. The summed E-state index contributed by atoms with van der Waals surface area (Å²) in [7, 11) is 0. The Balaban J connectivity index is 1.65. The average Bonchev–Trinajstić information content (AvgIpc) is 3.02. The Bertz CT molecular complexity index is 607. The molecule has 0 aromatic heterocycles. The summed E-state index contributed by atoms with van der Waals surface area (Å²) in [5.74, 6) is 0. The lowest BCUT2D eigenvalue weighted by Crippen LogP contribution is -2.18. The summed E-state index contributed by atoms with van der Waals surface area (Å²) in [6.07, 6.45) is 3.26. The number of nitrogens with one attached hydrogen (secondary N) is 2. The first-order chi connectivity index (χ1) is 10.3. The summed E-state index contributed by atoms with van der Waals surface area (Å²) in [4.78, 5) is 1.32. The predicted molar refractivity (Wildman–Crippen MR) is 92.1 cm³/mol. The van der Waals surface area contributed by atoms with Crippen LogP contribution in [0.25, 0.3) is 0 Å². The Morgan fingerprint density at radius 1 is 1.19 bits per heavy atom. The summed E-state index contributed by atoms with van der Waals surface area (Å²) in [5.41, 5.74) is 5.51. The molecule has 0 saturated heterocycles. The molecule has 1 heterocycles. The van der Waals surface area contributed by atoms with E-state index in [1.54, 1.807) is 11.8 Å². The van der Waals surface area contributed by atoms with Gasteiger partial charge in [-0.15, -0.1) is 11.8 Å². The maximum absolute atomic E-state index is 3.64. The highest BCUT2D eigenvalue weighted by Crippen LogP contribution is 2.27. The van der Waals surface area contributed by atoms with E-state index in [9.17, 15) is 0 Å². The lowest BCUT2D eigenvalue weighted by molar-refractivity contribution is 0.575. The van der Waals surface area contributed by atoms with Gasteiger partial charge in [0.15, 0.2) is 0 Å². The minimum Gasteiger partial charge on any atom is -0.384 e. The van der Waals surface area contributed by atoms with Crippen LogP contribution in [0, 0.1) is 0 Å². The standard InChI is InChI=1S/C18H22N2S/c1-13(14-6-8-17(21-2)9-7-14)20-12-16-5-3-4-15-10-11-19-18(15)16/h3-9,13,19-20H,10-12H2,1-2H3. The summed E-state index contributed by atoms with van der Waals surface area (Å²) in [6, 6.07) is 15.8. The molecule has 0 bridgehead atoms. The highest BCUT2D eigenvalue weighted by atomic mass is 32.2. The van der Waals surface area contributed by atoms with Gasteiger partial charge in [0.25, 0.3) is 0 Å². The van der Waals surface area contributed by atoms with E-state index in [-0.39, 0.29) is 0 Å². The van der Waals surface area contributed by atoms with E-state index in [1.165, 1.54) is 27.3 Å². The average molecular weight is 298 g/mol. The number of rotatable bonds is 5. The number of thioether (sulfide) groups is 1. The van der Waals surface area contributed by atoms with Crippen LogP contribution in [0.4, 0.5) is 5.69 Å². The molecule has 1 aliphatic heterocycles. The molecular weight excluding hydrogens is 276 g/mol. The molecule has 110 valence electrons. The summed E-state index contributed by atoms with van der Waals surface area (Å²) < 4.78 is 0. The van der Waals surface area contributed by atoms with Crippen molar-refractivity contribution < 1.29 is 0 Å². The van der Waals surface area contributed by atoms with Crippen LogP contribution >= 0.6 is 11.8 Å². The van der Waals surface area contributed by atoms with E-state index in [2.05, 4.69) is 66.3 Å². The Labute approximate surface area is 131 Å². The Hall–Kier alpha value is -1.45. The molecule has 3 rings (SSSR count). The van der Waals surface area contributed by atoms with E-state index in [4.69, 9.17) is 0 Å². The molecule has 0 radical (unpaired) electrons. The van der Waals surface area contributed by atoms with E-state index in [0.29, 0.717) is 6.04 Å². The van der Waals surface area contributed by atoms with Gasteiger partial charge in [0.2, 0.25) is 0 Å². The van der Waals surface area contributed by atoms with Crippen molar-refractivity contribution in [3.8, 4) is 0 Å². The molecular formula is C18H22N2S. The number of fused-ring (bicyclic) bond motifs is 1. The number of benzene rings is 2. The Kier molecular flexibility index (Phi) is 4.51. The van der Waals surface area contributed by atoms with Crippen molar-refractivity contribution in [1.29, 1.82) is 0 Å². The normalized spacial score (nSPS) is 14.6. The maximum Gasteiger partial charge on any atom is 0.0419 e. The van der Waals surface area contributed by atoms with Gasteiger partial charge in [0.1, 0.15) is 0 Å². The van der Waals surface area contributed by atoms with Gasteiger partial charge in [0.05, 0.1) is 0 Å². The predicted octanol–water partition coefficient (Wildman–Crippen LogP) is 4.23. The Morgan fingerprint density at radius 3 is 2.76 bits per heavy atom. The first-order valence-corrected chi connectivity index (χ1v) is 8.72.